The topological polar surface area (TPSA) is 47.4 Å². The number of rotatable bonds is 2. The van der Waals surface area contributed by atoms with E-state index >= 15 is 0 Å². The highest BCUT2D eigenvalue weighted by Gasteiger charge is 2.15. The van der Waals surface area contributed by atoms with Gasteiger partial charge in [-0.15, -0.1) is 0 Å². The van der Waals surface area contributed by atoms with Crippen LogP contribution in [-0.2, 0) is 18.3 Å². The van der Waals surface area contributed by atoms with Crippen LogP contribution < -0.4 is 5.56 Å². The lowest BCUT2D eigenvalue weighted by Crippen LogP contribution is -2.38. The van der Waals surface area contributed by atoms with Crippen molar-refractivity contribution in [3.63, 3.8) is 0 Å². The maximum atomic E-state index is 12.3. The van der Waals surface area contributed by atoms with Gasteiger partial charge in [-0.05, 0) is 12.1 Å². The zero-order valence-electron chi connectivity index (χ0n) is 11.0. The summed E-state index contributed by atoms with van der Waals surface area (Å²) >= 11 is 0. The fourth-order valence-electron chi connectivity index (χ4n) is 2.41. The molecule has 0 bridgehead atoms. The van der Waals surface area contributed by atoms with Gasteiger partial charge in [0.1, 0.15) is 5.69 Å². The van der Waals surface area contributed by atoms with Crippen LogP contribution in [-0.4, -0.2) is 40.8 Å². The van der Waals surface area contributed by atoms with Crippen molar-refractivity contribution in [1.82, 2.24) is 14.5 Å². The Hall–Kier alpha value is -1.72. The van der Waals surface area contributed by atoms with Crippen molar-refractivity contribution in [1.29, 1.82) is 0 Å². The van der Waals surface area contributed by atoms with Crippen LogP contribution in [0.15, 0.2) is 29.1 Å². The fourth-order valence-corrected chi connectivity index (χ4v) is 2.41. The number of nitrogens with zero attached hydrogens (tertiary/aromatic N) is 3. The second kappa shape index (κ2) is 5.11. The summed E-state index contributed by atoms with van der Waals surface area (Å²) in [6, 6.07) is 7.73. The van der Waals surface area contributed by atoms with Gasteiger partial charge in [0.25, 0.3) is 5.56 Å². The molecule has 3 rings (SSSR count). The molecule has 2 aromatic rings. The molecule has 1 fully saturated rings. The molecule has 0 unspecified atom stereocenters. The Morgan fingerprint density at radius 1 is 1.26 bits per heavy atom. The summed E-state index contributed by atoms with van der Waals surface area (Å²) in [5.41, 5.74) is 2.35. The minimum Gasteiger partial charge on any atom is -0.379 e. The number of hydrogen-bond donors (Lipinski definition) is 0. The first kappa shape index (κ1) is 12.3. The summed E-state index contributed by atoms with van der Waals surface area (Å²) < 4.78 is 6.99. The van der Waals surface area contributed by atoms with Crippen LogP contribution in [0.2, 0.25) is 0 Å². The van der Waals surface area contributed by atoms with Crippen molar-refractivity contribution in [2.75, 3.05) is 26.3 Å². The quantitative estimate of drug-likeness (QED) is 0.799. The second-order valence-corrected chi connectivity index (χ2v) is 4.80. The van der Waals surface area contributed by atoms with Crippen molar-refractivity contribution >= 4 is 11.0 Å². The average molecular weight is 259 g/mol. The van der Waals surface area contributed by atoms with E-state index in [-0.39, 0.29) is 5.56 Å². The molecule has 2 heterocycles. The molecule has 19 heavy (non-hydrogen) atoms. The number of aromatic nitrogens is 2. The Kier molecular flexibility index (Phi) is 3.31. The van der Waals surface area contributed by atoms with Crippen molar-refractivity contribution in [2.24, 2.45) is 7.05 Å². The molecule has 0 radical (unpaired) electrons. The molecular formula is C14H17N3O2. The van der Waals surface area contributed by atoms with Gasteiger partial charge in [0.05, 0.1) is 24.2 Å². The Bertz CT molecular complexity index is 645. The van der Waals surface area contributed by atoms with Gasteiger partial charge < -0.3 is 9.30 Å². The first-order valence-electron chi connectivity index (χ1n) is 6.50. The highest BCUT2D eigenvalue weighted by atomic mass is 16.5. The highest BCUT2D eigenvalue weighted by molar-refractivity contribution is 5.74. The molecule has 1 saturated heterocycles. The van der Waals surface area contributed by atoms with Crippen molar-refractivity contribution in [2.45, 2.75) is 6.54 Å². The molecule has 0 atom stereocenters. The zero-order chi connectivity index (χ0) is 13.2. The van der Waals surface area contributed by atoms with Crippen LogP contribution in [0.5, 0.6) is 0 Å². The largest absolute Gasteiger partial charge is 0.379 e. The zero-order valence-corrected chi connectivity index (χ0v) is 11.0. The maximum absolute atomic E-state index is 12.3. The monoisotopic (exact) mass is 259 g/mol. The predicted molar refractivity (Wildman–Crippen MR) is 73.1 cm³/mol. The molecule has 0 N–H and O–H groups in total. The normalized spacial score (nSPS) is 16.9. The Morgan fingerprint density at radius 3 is 2.79 bits per heavy atom. The lowest BCUT2D eigenvalue weighted by atomic mass is 10.2. The first-order valence-corrected chi connectivity index (χ1v) is 6.50. The van der Waals surface area contributed by atoms with Crippen molar-refractivity contribution < 1.29 is 4.74 Å². The average Bonchev–Trinajstić information content (AvgIpc) is 2.46. The first-order chi connectivity index (χ1) is 9.25. The molecule has 0 amide bonds. The van der Waals surface area contributed by atoms with Gasteiger partial charge in [-0.3, -0.25) is 9.69 Å². The van der Waals surface area contributed by atoms with Crippen LogP contribution >= 0.6 is 0 Å². The standard InChI is InChI=1S/C14H17N3O2/c1-16-13-5-3-2-4-11(13)15-12(14(16)18)10-17-6-8-19-9-7-17/h2-5H,6-10H2,1H3. The van der Waals surface area contributed by atoms with Crippen LogP contribution in [0.1, 0.15) is 5.69 Å². The van der Waals surface area contributed by atoms with E-state index in [0.29, 0.717) is 12.2 Å². The predicted octanol–water partition coefficient (Wildman–Crippen LogP) is 0.766. The van der Waals surface area contributed by atoms with Gasteiger partial charge in [-0.1, -0.05) is 12.1 Å². The van der Waals surface area contributed by atoms with Crippen LogP contribution in [0.25, 0.3) is 11.0 Å². The molecule has 5 nitrogen and oxygen atoms in total. The van der Waals surface area contributed by atoms with Gasteiger partial charge in [-0.2, -0.15) is 0 Å². The molecule has 1 aliphatic rings. The molecule has 100 valence electrons. The van der Waals surface area contributed by atoms with E-state index < -0.39 is 0 Å². The number of hydrogen-bond acceptors (Lipinski definition) is 4. The molecule has 5 heteroatoms. The van der Waals surface area contributed by atoms with Crippen molar-refractivity contribution in [3.8, 4) is 0 Å². The van der Waals surface area contributed by atoms with Gasteiger partial charge in [-0.25, -0.2) is 4.98 Å². The second-order valence-electron chi connectivity index (χ2n) is 4.80. The number of ether oxygens (including phenoxy) is 1. The number of benzene rings is 1. The number of para-hydroxylation sites is 2. The molecular weight excluding hydrogens is 242 g/mol. The summed E-state index contributed by atoms with van der Waals surface area (Å²) in [6.45, 7) is 3.78. The third kappa shape index (κ3) is 2.39. The number of aryl methyl sites for hydroxylation is 1. The smallest absolute Gasteiger partial charge is 0.273 e. The Morgan fingerprint density at radius 2 is 2.00 bits per heavy atom. The van der Waals surface area contributed by atoms with Gasteiger partial charge >= 0.3 is 0 Å². The summed E-state index contributed by atoms with van der Waals surface area (Å²) in [7, 11) is 1.80. The van der Waals surface area contributed by atoms with E-state index in [1.54, 1.807) is 11.6 Å². The van der Waals surface area contributed by atoms with Gasteiger partial charge in [0, 0.05) is 26.7 Å². The molecule has 0 aliphatic carbocycles. The summed E-state index contributed by atoms with van der Waals surface area (Å²) in [5, 5.41) is 0. The Balaban J connectivity index is 1.99. The van der Waals surface area contributed by atoms with E-state index in [1.807, 2.05) is 24.3 Å². The SMILES string of the molecule is Cn1c(=O)c(CN2CCOCC2)nc2ccccc21. The van der Waals surface area contributed by atoms with E-state index in [9.17, 15) is 4.79 Å². The van der Waals surface area contributed by atoms with E-state index in [4.69, 9.17) is 4.74 Å². The third-order valence-corrected chi connectivity index (χ3v) is 3.53. The van der Waals surface area contributed by atoms with E-state index in [1.165, 1.54) is 0 Å². The molecule has 1 aromatic carbocycles. The summed E-state index contributed by atoms with van der Waals surface area (Å²) in [5.74, 6) is 0. The van der Waals surface area contributed by atoms with E-state index in [0.717, 1.165) is 37.3 Å². The van der Waals surface area contributed by atoms with Gasteiger partial charge in [0.2, 0.25) is 0 Å². The third-order valence-electron chi connectivity index (χ3n) is 3.53. The lowest BCUT2D eigenvalue weighted by molar-refractivity contribution is 0.0334. The lowest BCUT2D eigenvalue weighted by Gasteiger charge is -2.26. The molecule has 1 aromatic heterocycles. The number of fused-ring (bicyclic) bond motifs is 1. The number of morpholine rings is 1. The van der Waals surface area contributed by atoms with Crippen molar-refractivity contribution in [3.05, 3.63) is 40.3 Å². The maximum Gasteiger partial charge on any atom is 0.273 e. The minimum atomic E-state index is -0.00908. The van der Waals surface area contributed by atoms with E-state index in [2.05, 4.69) is 9.88 Å². The minimum absolute atomic E-state index is 0.00908. The molecule has 0 spiro atoms. The summed E-state index contributed by atoms with van der Waals surface area (Å²) in [4.78, 5) is 19.0. The molecule has 0 saturated carbocycles. The Labute approximate surface area is 111 Å². The van der Waals surface area contributed by atoms with Gasteiger partial charge in [0.15, 0.2) is 0 Å². The summed E-state index contributed by atoms with van der Waals surface area (Å²) in [6.07, 6.45) is 0. The van der Waals surface area contributed by atoms with Crippen LogP contribution in [0.3, 0.4) is 0 Å². The van der Waals surface area contributed by atoms with Crippen LogP contribution in [0.4, 0.5) is 0 Å². The van der Waals surface area contributed by atoms with Crippen LogP contribution in [0, 0.1) is 0 Å². The highest BCUT2D eigenvalue weighted by Crippen LogP contribution is 2.10. The molecule has 1 aliphatic heterocycles. The fraction of sp³-hybridized carbons (Fsp3) is 0.429.